The lowest BCUT2D eigenvalue weighted by Crippen LogP contribution is -2.28. The third-order valence-corrected chi connectivity index (χ3v) is 18.7. The van der Waals surface area contributed by atoms with E-state index in [1.54, 1.807) is 27.7 Å². The van der Waals surface area contributed by atoms with Crippen LogP contribution in [0, 0.1) is 0 Å². The number of rotatable bonds is 15. The molecule has 5 aromatic rings. The van der Waals surface area contributed by atoms with E-state index in [9.17, 15) is 75.5 Å². The third kappa shape index (κ3) is 9.10. The summed E-state index contributed by atoms with van der Waals surface area (Å²) in [6.07, 6.45) is -0.109. The minimum atomic E-state index is -5.92. The normalized spacial score (nSPS) is 17.8. The molecule has 1 unspecified atom stereocenters. The quantitative estimate of drug-likeness (QED) is 0.0334. The number of aromatic hydroxyl groups is 1. The SMILES string of the molecule is CC1(C)CC2(CC(C)(C)c3cc(OS(=O)(=O)C4=C(N=[N+]=[N-])C(=O)C(=O)c5cccc(N=[N+]=[N-])c54)c(OS(=O)(=O)C4=C(N=[N+]=[N-])C(=O)C(=O)c5cccc(N=[N+]=[N-])c54)cc32)c2cc(O)c(OS(=O)(=O)C3=C(N=[N+]=[N-])C(=O)C(=O)c4cccc(N=[N+]=[N-])c43)cc21. The maximum absolute atomic E-state index is 15.3. The van der Waals surface area contributed by atoms with Gasteiger partial charge in [0.25, 0.3) is 0 Å². The summed E-state index contributed by atoms with van der Waals surface area (Å²) in [6.45, 7) is 6.62. The van der Waals surface area contributed by atoms with Gasteiger partial charge in [-0.05, 0) is 103 Å². The van der Waals surface area contributed by atoms with Crippen LogP contribution in [0.3, 0.4) is 0 Å². The van der Waals surface area contributed by atoms with E-state index >= 15 is 16.8 Å². The van der Waals surface area contributed by atoms with Crippen molar-refractivity contribution in [1.82, 2.24) is 0 Å². The van der Waals surface area contributed by atoms with Crippen molar-refractivity contribution in [2.75, 3.05) is 0 Å². The Labute approximate surface area is 491 Å². The van der Waals surface area contributed by atoms with Crippen LogP contribution < -0.4 is 12.5 Å². The number of benzene rings is 5. The van der Waals surface area contributed by atoms with Gasteiger partial charge < -0.3 is 17.7 Å². The zero-order valence-electron chi connectivity index (χ0n) is 44.8. The average Bonchev–Trinajstić information content (AvgIpc) is 1.50. The van der Waals surface area contributed by atoms with E-state index in [1.807, 2.05) is 0 Å². The van der Waals surface area contributed by atoms with Gasteiger partial charge in [-0.25, -0.2) is 0 Å². The second kappa shape index (κ2) is 20.8. The summed E-state index contributed by atoms with van der Waals surface area (Å²) in [6, 6.07) is 13.6. The van der Waals surface area contributed by atoms with Crippen LogP contribution in [0.2, 0.25) is 0 Å². The van der Waals surface area contributed by atoms with Crippen LogP contribution in [0.25, 0.3) is 77.4 Å². The molecule has 5 aliphatic rings. The molecule has 5 aliphatic carbocycles. The first kappa shape index (κ1) is 59.4. The Morgan fingerprint density at radius 3 is 1.01 bits per heavy atom. The Bertz CT molecular complexity index is 5070. The molecule has 0 amide bonds. The molecule has 1 spiro atoms. The molecule has 1 N–H and O–H groups in total. The summed E-state index contributed by atoms with van der Waals surface area (Å²) >= 11 is 0. The van der Waals surface area contributed by atoms with Crippen molar-refractivity contribution in [2.45, 2.75) is 56.8 Å². The molecule has 438 valence electrons. The predicted octanol–water partition coefficient (Wildman–Crippen LogP) is 11.3. The van der Waals surface area contributed by atoms with Crippen LogP contribution in [-0.4, -0.2) is 65.1 Å². The van der Waals surface area contributed by atoms with E-state index in [0.717, 1.165) is 72.8 Å². The fraction of sp³-hybridized carbons (Fsp3) is 0.176. The van der Waals surface area contributed by atoms with Gasteiger partial charge in [-0.2, -0.15) is 25.3 Å². The number of carbonyl (C=O) groups is 6. The summed E-state index contributed by atoms with van der Waals surface area (Å²) in [4.78, 5) is 92.3. The lowest BCUT2D eigenvalue weighted by atomic mass is 9.72. The zero-order chi connectivity index (χ0) is 64.0. The Kier molecular flexibility index (Phi) is 14.0. The molecular formula is C51H30N18O16S3. The Balaban J connectivity index is 1.21. The summed E-state index contributed by atoms with van der Waals surface area (Å²) in [5.41, 5.74) is 43.5. The van der Waals surface area contributed by atoms with Crippen molar-refractivity contribution in [2.24, 2.45) is 30.7 Å². The standard InChI is InChI=1S/C51H30N18O16S3/c1-49(2)18-51(25-14-30(70)31(15-23(25)49)83-86(77,78)46-34-20(8-5-11-27(34)58-64-52)40(71)43(74)37(46)61-67-55)19-50(3,4)24-16-32(84-87(79,80)47-35-21(9-6-12-28(35)59-65-53)41(72)44(75)38(47)62-68-56)33(17-26(24)51)85-88(81,82)48-36-22(10-7-13-29(36)60-66-54)42(73)45(76)39(48)63-69-57/h5-17,70H,18-19H2,1-4H3. The monoisotopic (exact) mass is 1250 g/mol. The highest BCUT2D eigenvalue weighted by molar-refractivity contribution is 7.97. The molecule has 5 aromatic carbocycles. The number of carbonyl (C=O) groups excluding carboxylic acids is 6. The van der Waals surface area contributed by atoms with Gasteiger partial charge in [-0.3, -0.25) is 28.8 Å². The second-order valence-corrected chi connectivity index (χ2v) is 25.2. The van der Waals surface area contributed by atoms with E-state index < -0.39 is 187 Å². The van der Waals surface area contributed by atoms with Crippen molar-refractivity contribution >= 4 is 96.8 Å². The minimum Gasteiger partial charge on any atom is -0.504 e. The van der Waals surface area contributed by atoms with Gasteiger partial charge in [0.05, 0.1) is 0 Å². The minimum absolute atomic E-state index is 0.0545. The first-order valence-corrected chi connectivity index (χ1v) is 28.8. The van der Waals surface area contributed by atoms with Crippen molar-refractivity contribution in [1.29, 1.82) is 0 Å². The maximum atomic E-state index is 15.3. The molecule has 0 aliphatic heterocycles. The number of nitrogens with zero attached hydrogens (tertiary/aromatic N) is 18. The predicted molar refractivity (Wildman–Crippen MR) is 301 cm³/mol. The largest absolute Gasteiger partial charge is 0.504 e. The van der Waals surface area contributed by atoms with Gasteiger partial charge in [0.1, 0.15) is 31.8 Å². The first-order chi connectivity index (χ1) is 41.5. The highest BCUT2D eigenvalue weighted by Crippen LogP contribution is 2.65. The van der Waals surface area contributed by atoms with Crippen LogP contribution in [-0.2, 0) is 61.0 Å². The molecule has 0 aromatic heterocycles. The molecule has 34 nitrogen and oxygen atoms in total. The number of Topliss-reactive ketones (excluding diaryl/α,β-unsaturated/α-hetero) is 6. The van der Waals surface area contributed by atoms with Crippen LogP contribution >= 0.6 is 0 Å². The first-order valence-electron chi connectivity index (χ1n) is 24.6. The van der Waals surface area contributed by atoms with Gasteiger partial charge >= 0.3 is 30.4 Å². The summed E-state index contributed by atoms with van der Waals surface area (Å²) in [5, 5.41) is 31.9. The Morgan fingerprint density at radius 1 is 0.409 bits per heavy atom. The van der Waals surface area contributed by atoms with Gasteiger partial charge in [0.2, 0.25) is 34.7 Å². The molecule has 0 heterocycles. The second-order valence-electron chi connectivity index (χ2n) is 20.8. The summed E-state index contributed by atoms with van der Waals surface area (Å²) in [7, 11) is -17.3. The topological polar surface area (TPSA) is 545 Å². The van der Waals surface area contributed by atoms with Crippen molar-refractivity contribution in [3.63, 3.8) is 0 Å². The number of azide groups is 6. The van der Waals surface area contributed by atoms with E-state index in [1.165, 1.54) is 6.07 Å². The average molecular weight is 1250 g/mol. The summed E-state index contributed by atoms with van der Waals surface area (Å²) in [5.74, 6) is -13.2. The molecule has 0 fully saturated rings. The molecule has 10 rings (SSSR count). The maximum Gasteiger partial charge on any atom is 0.340 e. The Morgan fingerprint density at radius 2 is 0.693 bits per heavy atom. The zero-order valence-corrected chi connectivity index (χ0v) is 47.2. The molecule has 0 bridgehead atoms. The Hall–Kier alpha value is -11.8. The highest BCUT2D eigenvalue weighted by atomic mass is 32.2. The van der Waals surface area contributed by atoms with E-state index in [-0.39, 0.29) is 35.1 Å². The van der Waals surface area contributed by atoms with Crippen molar-refractivity contribution in [3.8, 4) is 23.0 Å². The van der Waals surface area contributed by atoms with Crippen LogP contribution in [0.4, 0.5) is 17.1 Å². The van der Waals surface area contributed by atoms with E-state index in [2.05, 4.69) is 60.2 Å². The molecule has 37 heteroatoms. The highest BCUT2D eigenvalue weighted by Gasteiger charge is 2.58. The molecule has 1 atom stereocenters. The number of ketones is 6. The van der Waals surface area contributed by atoms with Crippen molar-refractivity contribution < 1.29 is 71.7 Å². The fourth-order valence-corrected chi connectivity index (χ4v) is 15.7. The number of hydrogen-bond donors (Lipinski definition) is 1. The summed E-state index contributed by atoms with van der Waals surface area (Å²) < 4.78 is 107. The molecule has 88 heavy (non-hydrogen) atoms. The van der Waals surface area contributed by atoms with Crippen molar-refractivity contribution in [3.05, 3.63) is 214 Å². The number of hydrogen-bond acceptors (Lipinski definition) is 22. The van der Waals surface area contributed by atoms with E-state index in [0.29, 0.717) is 0 Å². The molecule has 0 radical (unpaired) electrons. The van der Waals surface area contributed by atoms with Gasteiger partial charge in [0, 0.05) is 85.3 Å². The van der Waals surface area contributed by atoms with E-state index in [4.69, 9.17) is 12.5 Å². The number of fused-ring (bicyclic) bond motifs is 7. The van der Waals surface area contributed by atoms with Gasteiger partial charge in [-0.1, -0.05) is 113 Å². The molecular weight excluding hydrogens is 1220 g/mol. The smallest absolute Gasteiger partial charge is 0.340 e. The lowest BCUT2D eigenvalue weighted by molar-refractivity contribution is -0.112. The number of allylic oxidation sites excluding steroid dienone is 3. The van der Waals surface area contributed by atoms with Crippen LogP contribution in [0.1, 0.15) is 111 Å². The fourth-order valence-electron chi connectivity index (χ4n) is 11.8. The van der Waals surface area contributed by atoms with Crippen LogP contribution in [0.15, 0.2) is 127 Å². The van der Waals surface area contributed by atoms with Gasteiger partial charge in [0.15, 0.2) is 23.0 Å². The number of phenols is 1. The van der Waals surface area contributed by atoms with Crippen LogP contribution in [0.5, 0.6) is 23.0 Å². The molecule has 0 saturated carbocycles. The number of phenolic OH excluding ortho intramolecular Hbond substituents is 1. The van der Waals surface area contributed by atoms with Gasteiger partial charge in [-0.15, -0.1) is 0 Å². The third-order valence-electron chi connectivity index (χ3n) is 14.9. The lowest BCUT2D eigenvalue weighted by Gasteiger charge is -2.30. The molecule has 0 saturated heterocycles.